The van der Waals surface area contributed by atoms with Crippen LogP contribution in [-0.2, 0) is 0 Å². The van der Waals surface area contributed by atoms with Gasteiger partial charge in [-0.05, 0) is 49.5 Å². The fourth-order valence-electron chi connectivity index (χ4n) is 1.54. The predicted molar refractivity (Wildman–Crippen MR) is 73.8 cm³/mol. The van der Waals surface area contributed by atoms with Crippen LogP contribution in [0.2, 0.25) is 0 Å². The average Bonchev–Trinajstić information content (AvgIpc) is 2.30. The van der Waals surface area contributed by atoms with Crippen LogP contribution < -0.4 is 22.1 Å². The van der Waals surface area contributed by atoms with Gasteiger partial charge in [-0.15, -0.1) is 0 Å². The first-order chi connectivity index (χ1) is 7.66. The lowest BCUT2D eigenvalue weighted by Crippen LogP contribution is -2.10. The summed E-state index contributed by atoms with van der Waals surface area (Å²) in [6.45, 7) is 2.24. The normalized spacial score (nSPS) is 10.6. The molecular formula is C13H15N2P. The van der Waals surface area contributed by atoms with E-state index in [0.717, 1.165) is 11.4 Å². The van der Waals surface area contributed by atoms with Crippen molar-refractivity contribution in [3.63, 3.8) is 0 Å². The molecule has 2 nitrogen and oxygen atoms in total. The smallest absolute Gasteiger partial charge is 0.0314 e. The highest BCUT2D eigenvalue weighted by molar-refractivity contribution is 7.72. The third kappa shape index (κ3) is 2.34. The van der Waals surface area contributed by atoms with Gasteiger partial charge in [0, 0.05) is 11.4 Å². The van der Waals surface area contributed by atoms with Crippen LogP contribution in [0.1, 0.15) is 0 Å². The van der Waals surface area contributed by atoms with Gasteiger partial charge in [0.05, 0.1) is 0 Å². The minimum atomic E-state index is -0.307. The van der Waals surface area contributed by atoms with Gasteiger partial charge in [-0.1, -0.05) is 24.3 Å². The van der Waals surface area contributed by atoms with Gasteiger partial charge in [0.1, 0.15) is 0 Å². The standard InChI is InChI=1S/C13H15N2P/c1-16(12-6-2-10(14)3-7-12)13-8-4-11(15)5-9-13/h2-9H,14-15H2,1H3. The summed E-state index contributed by atoms with van der Waals surface area (Å²) >= 11 is 0. The number of hydrogen-bond acceptors (Lipinski definition) is 2. The highest BCUT2D eigenvalue weighted by Gasteiger charge is 2.06. The number of nitrogen functional groups attached to an aromatic ring is 2. The Morgan fingerprint density at radius 1 is 0.688 bits per heavy atom. The molecule has 0 spiro atoms. The highest BCUT2D eigenvalue weighted by Crippen LogP contribution is 2.28. The van der Waals surface area contributed by atoms with Crippen molar-refractivity contribution in [3.8, 4) is 0 Å². The summed E-state index contributed by atoms with van der Waals surface area (Å²) < 4.78 is 0. The Morgan fingerprint density at radius 2 is 1.00 bits per heavy atom. The van der Waals surface area contributed by atoms with Gasteiger partial charge >= 0.3 is 0 Å². The zero-order valence-corrected chi connectivity index (χ0v) is 10.1. The van der Waals surface area contributed by atoms with E-state index in [-0.39, 0.29) is 7.92 Å². The molecule has 0 aliphatic carbocycles. The molecule has 0 saturated carbocycles. The molecule has 0 amide bonds. The summed E-state index contributed by atoms with van der Waals surface area (Å²) in [5.41, 5.74) is 13.0. The minimum absolute atomic E-state index is 0.307. The van der Waals surface area contributed by atoms with Crippen LogP contribution >= 0.6 is 7.92 Å². The van der Waals surface area contributed by atoms with Crippen LogP contribution in [0.25, 0.3) is 0 Å². The maximum atomic E-state index is 5.68. The summed E-state index contributed by atoms with van der Waals surface area (Å²) in [5, 5.41) is 2.66. The molecule has 0 bridgehead atoms. The van der Waals surface area contributed by atoms with Crippen molar-refractivity contribution in [3.05, 3.63) is 48.5 Å². The monoisotopic (exact) mass is 230 g/mol. The summed E-state index contributed by atoms with van der Waals surface area (Å²) in [7, 11) is -0.307. The first kappa shape index (κ1) is 11.0. The van der Waals surface area contributed by atoms with Crippen molar-refractivity contribution in [2.75, 3.05) is 18.1 Å². The van der Waals surface area contributed by atoms with Crippen molar-refractivity contribution in [2.45, 2.75) is 0 Å². The van der Waals surface area contributed by atoms with Crippen molar-refractivity contribution in [2.24, 2.45) is 0 Å². The molecule has 0 aliphatic rings. The van der Waals surface area contributed by atoms with Crippen LogP contribution in [0.4, 0.5) is 11.4 Å². The van der Waals surface area contributed by atoms with Gasteiger partial charge in [0.2, 0.25) is 0 Å². The highest BCUT2D eigenvalue weighted by atomic mass is 31.1. The molecule has 2 aromatic rings. The first-order valence-corrected chi connectivity index (χ1v) is 6.90. The van der Waals surface area contributed by atoms with E-state index in [9.17, 15) is 0 Å². The predicted octanol–water partition coefficient (Wildman–Crippen LogP) is 1.91. The molecule has 0 unspecified atom stereocenters. The lowest BCUT2D eigenvalue weighted by molar-refractivity contribution is 1.71. The Bertz CT molecular complexity index is 417. The van der Waals surface area contributed by atoms with Crippen LogP contribution in [0.15, 0.2) is 48.5 Å². The lowest BCUT2D eigenvalue weighted by atomic mass is 10.3. The van der Waals surface area contributed by atoms with Crippen LogP contribution in [-0.4, -0.2) is 6.66 Å². The molecule has 4 N–H and O–H groups in total. The van der Waals surface area contributed by atoms with E-state index in [1.54, 1.807) is 0 Å². The molecule has 82 valence electrons. The molecule has 3 heteroatoms. The average molecular weight is 230 g/mol. The van der Waals surface area contributed by atoms with E-state index in [1.165, 1.54) is 10.6 Å². The fraction of sp³-hybridized carbons (Fsp3) is 0.0769. The van der Waals surface area contributed by atoms with E-state index in [4.69, 9.17) is 11.5 Å². The van der Waals surface area contributed by atoms with Gasteiger partial charge in [0.15, 0.2) is 0 Å². The van der Waals surface area contributed by atoms with Crippen molar-refractivity contribution in [1.82, 2.24) is 0 Å². The Balaban J connectivity index is 2.28. The summed E-state index contributed by atoms with van der Waals surface area (Å²) in [6, 6.07) is 16.2. The van der Waals surface area contributed by atoms with Crippen molar-refractivity contribution in [1.29, 1.82) is 0 Å². The van der Waals surface area contributed by atoms with Crippen LogP contribution in [0.5, 0.6) is 0 Å². The quantitative estimate of drug-likeness (QED) is 0.611. The summed E-state index contributed by atoms with van der Waals surface area (Å²) in [6.07, 6.45) is 0. The van der Waals surface area contributed by atoms with Gasteiger partial charge < -0.3 is 11.5 Å². The second-order valence-corrected chi connectivity index (χ2v) is 5.89. The molecule has 0 saturated heterocycles. The number of rotatable bonds is 2. The van der Waals surface area contributed by atoms with Crippen molar-refractivity contribution >= 4 is 29.9 Å². The third-order valence-corrected chi connectivity index (χ3v) is 4.71. The number of benzene rings is 2. The molecule has 2 rings (SSSR count). The molecule has 0 radical (unpaired) electrons. The zero-order chi connectivity index (χ0) is 11.5. The molecule has 0 atom stereocenters. The van der Waals surface area contributed by atoms with Gasteiger partial charge in [-0.25, -0.2) is 0 Å². The molecule has 16 heavy (non-hydrogen) atoms. The zero-order valence-electron chi connectivity index (χ0n) is 9.22. The van der Waals surface area contributed by atoms with Crippen molar-refractivity contribution < 1.29 is 0 Å². The second kappa shape index (κ2) is 4.54. The van der Waals surface area contributed by atoms with E-state index in [0.29, 0.717) is 0 Å². The third-order valence-electron chi connectivity index (χ3n) is 2.56. The topological polar surface area (TPSA) is 52.0 Å². The molecular weight excluding hydrogens is 215 g/mol. The number of hydrogen-bond donors (Lipinski definition) is 2. The van der Waals surface area contributed by atoms with E-state index < -0.39 is 0 Å². The van der Waals surface area contributed by atoms with E-state index >= 15 is 0 Å². The molecule has 0 fully saturated rings. The molecule has 2 aromatic carbocycles. The summed E-state index contributed by atoms with van der Waals surface area (Å²) in [4.78, 5) is 0. The van der Waals surface area contributed by atoms with Crippen LogP contribution in [0, 0.1) is 0 Å². The van der Waals surface area contributed by atoms with E-state index in [2.05, 4.69) is 30.9 Å². The Kier molecular flexibility index (Phi) is 3.12. The fourth-order valence-corrected chi connectivity index (χ4v) is 3.04. The van der Waals surface area contributed by atoms with Gasteiger partial charge in [-0.3, -0.25) is 0 Å². The largest absolute Gasteiger partial charge is 0.399 e. The maximum absolute atomic E-state index is 5.68. The second-order valence-electron chi connectivity index (χ2n) is 3.74. The lowest BCUT2D eigenvalue weighted by Gasteiger charge is -2.13. The first-order valence-electron chi connectivity index (χ1n) is 5.11. The Hall–Kier alpha value is -1.53. The molecule has 0 aromatic heterocycles. The minimum Gasteiger partial charge on any atom is -0.399 e. The SMILES string of the molecule is CP(c1ccc(N)cc1)c1ccc(N)cc1. The van der Waals surface area contributed by atoms with Crippen LogP contribution in [0.3, 0.4) is 0 Å². The Labute approximate surface area is 97.0 Å². The molecule has 0 aliphatic heterocycles. The van der Waals surface area contributed by atoms with Gasteiger partial charge in [0.25, 0.3) is 0 Å². The van der Waals surface area contributed by atoms with Gasteiger partial charge in [-0.2, -0.15) is 0 Å². The molecule has 0 heterocycles. The number of anilines is 2. The summed E-state index contributed by atoms with van der Waals surface area (Å²) in [5.74, 6) is 0. The number of nitrogens with two attached hydrogens (primary N) is 2. The maximum Gasteiger partial charge on any atom is 0.0314 e. The van der Waals surface area contributed by atoms with E-state index in [1.807, 2.05) is 24.3 Å². The Morgan fingerprint density at radius 3 is 1.31 bits per heavy atom.